The lowest BCUT2D eigenvalue weighted by Crippen LogP contribution is -2.51. The number of amides is 2. The molecule has 1 fully saturated rings. The van der Waals surface area contributed by atoms with Gasteiger partial charge in [-0.05, 0) is 29.8 Å². The van der Waals surface area contributed by atoms with Crippen molar-refractivity contribution in [1.82, 2.24) is 9.80 Å². The molecule has 4 rings (SSSR count). The fourth-order valence-corrected chi connectivity index (χ4v) is 3.86. The van der Waals surface area contributed by atoms with Gasteiger partial charge in [0, 0.05) is 37.7 Å². The third kappa shape index (κ3) is 4.71. The van der Waals surface area contributed by atoms with Crippen molar-refractivity contribution in [2.75, 3.05) is 44.2 Å². The molecule has 6 nitrogen and oxygen atoms in total. The normalized spacial score (nSPS) is 17.5. The number of ether oxygens (including phenoxy) is 1. The van der Waals surface area contributed by atoms with E-state index in [9.17, 15) is 9.59 Å². The number of fused-ring (bicyclic) bond motifs is 1. The topological polar surface area (TPSA) is 53.1 Å². The first-order chi connectivity index (χ1) is 14.1. The molecule has 0 spiro atoms. The first-order valence-electron chi connectivity index (χ1n) is 9.87. The molecular formula is C22H24ClN3O3. The minimum Gasteiger partial charge on any atom is -0.491 e. The second-order valence-corrected chi connectivity index (χ2v) is 7.77. The molecule has 2 aromatic carbocycles. The van der Waals surface area contributed by atoms with Gasteiger partial charge < -0.3 is 9.64 Å². The highest BCUT2D eigenvalue weighted by Gasteiger charge is 2.28. The highest BCUT2D eigenvalue weighted by atomic mass is 35.5. The number of para-hydroxylation sites is 2. The zero-order valence-electron chi connectivity index (χ0n) is 16.2. The minimum atomic E-state index is -0.0790. The molecule has 0 atom stereocenters. The van der Waals surface area contributed by atoms with Gasteiger partial charge in [0.05, 0.1) is 18.7 Å². The number of halogens is 1. The molecule has 7 heteroatoms. The van der Waals surface area contributed by atoms with Crippen LogP contribution in [0, 0.1) is 0 Å². The zero-order valence-corrected chi connectivity index (χ0v) is 17.0. The fourth-order valence-electron chi connectivity index (χ4n) is 3.73. The Hall–Kier alpha value is -2.57. The van der Waals surface area contributed by atoms with Crippen LogP contribution in [-0.4, -0.2) is 60.9 Å². The van der Waals surface area contributed by atoms with Crippen LogP contribution >= 0.6 is 11.6 Å². The molecule has 0 aliphatic carbocycles. The van der Waals surface area contributed by atoms with Gasteiger partial charge in [0.2, 0.25) is 11.8 Å². The number of hydrogen-bond donors (Lipinski definition) is 0. The van der Waals surface area contributed by atoms with Crippen molar-refractivity contribution >= 4 is 29.1 Å². The standard InChI is InChI=1S/C22H24ClN3O3/c23-18-7-5-17(6-8-18)15-24-10-12-25(13-11-24)22(28)16-26-19-3-1-2-4-20(19)29-14-9-21(26)27/h1-8H,9-16H2. The van der Waals surface area contributed by atoms with Gasteiger partial charge >= 0.3 is 0 Å². The van der Waals surface area contributed by atoms with Crippen molar-refractivity contribution in [1.29, 1.82) is 0 Å². The van der Waals surface area contributed by atoms with Crippen LogP contribution < -0.4 is 9.64 Å². The summed E-state index contributed by atoms with van der Waals surface area (Å²) in [6, 6.07) is 15.3. The zero-order chi connectivity index (χ0) is 20.2. The molecule has 2 aliphatic heterocycles. The van der Waals surface area contributed by atoms with E-state index in [0.29, 0.717) is 31.1 Å². The van der Waals surface area contributed by atoms with Gasteiger partial charge in [0.15, 0.2) is 0 Å². The number of carbonyl (C=O) groups excluding carboxylic acids is 2. The summed E-state index contributed by atoms with van der Waals surface area (Å²) >= 11 is 5.95. The maximum absolute atomic E-state index is 12.9. The highest BCUT2D eigenvalue weighted by molar-refractivity contribution is 6.30. The molecule has 2 aliphatic rings. The Labute approximate surface area is 175 Å². The molecule has 152 valence electrons. The van der Waals surface area contributed by atoms with E-state index in [1.807, 2.05) is 53.4 Å². The molecule has 0 unspecified atom stereocenters. The molecular weight excluding hydrogens is 390 g/mol. The lowest BCUT2D eigenvalue weighted by Gasteiger charge is -2.35. The van der Waals surface area contributed by atoms with E-state index >= 15 is 0 Å². The number of nitrogens with zero attached hydrogens (tertiary/aromatic N) is 3. The first-order valence-corrected chi connectivity index (χ1v) is 10.2. The second kappa shape index (κ2) is 8.84. The van der Waals surface area contributed by atoms with Crippen LogP contribution in [0.25, 0.3) is 0 Å². The van der Waals surface area contributed by atoms with Crippen LogP contribution in [-0.2, 0) is 16.1 Å². The second-order valence-electron chi connectivity index (χ2n) is 7.33. The summed E-state index contributed by atoms with van der Waals surface area (Å²) < 4.78 is 5.65. The number of piperazine rings is 1. The Morgan fingerprint density at radius 3 is 2.48 bits per heavy atom. The number of benzene rings is 2. The van der Waals surface area contributed by atoms with Crippen LogP contribution in [0.1, 0.15) is 12.0 Å². The van der Waals surface area contributed by atoms with E-state index in [1.165, 1.54) is 5.56 Å². The summed E-state index contributed by atoms with van der Waals surface area (Å²) in [5, 5.41) is 0.735. The summed E-state index contributed by atoms with van der Waals surface area (Å²) in [5.41, 5.74) is 1.88. The van der Waals surface area contributed by atoms with Gasteiger partial charge in [-0.15, -0.1) is 0 Å². The Kier molecular flexibility index (Phi) is 6.02. The van der Waals surface area contributed by atoms with E-state index in [1.54, 1.807) is 4.90 Å². The Bertz CT molecular complexity index is 879. The molecule has 0 aromatic heterocycles. The van der Waals surface area contributed by atoms with Gasteiger partial charge in [0.1, 0.15) is 12.3 Å². The SMILES string of the molecule is O=C(CN1C(=O)CCOc2ccccc21)N1CCN(Cc2ccc(Cl)cc2)CC1. The lowest BCUT2D eigenvalue weighted by molar-refractivity contribution is -0.133. The van der Waals surface area contributed by atoms with Gasteiger partial charge in [-0.2, -0.15) is 0 Å². The van der Waals surface area contributed by atoms with Crippen molar-refractivity contribution in [2.45, 2.75) is 13.0 Å². The van der Waals surface area contributed by atoms with Crippen LogP contribution in [0.5, 0.6) is 5.75 Å². The van der Waals surface area contributed by atoms with E-state index < -0.39 is 0 Å². The van der Waals surface area contributed by atoms with E-state index in [-0.39, 0.29) is 24.8 Å². The molecule has 1 saturated heterocycles. The molecule has 2 aromatic rings. The largest absolute Gasteiger partial charge is 0.491 e. The Balaban J connectivity index is 1.35. The molecule has 29 heavy (non-hydrogen) atoms. The fraction of sp³-hybridized carbons (Fsp3) is 0.364. The number of carbonyl (C=O) groups is 2. The summed E-state index contributed by atoms with van der Waals surface area (Å²) in [7, 11) is 0. The minimum absolute atomic E-state index is 0.0267. The smallest absolute Gasteiger partial charge is 0.242 e. The van der Waals surface area contributed by atoms with Crippen LogP contribution in [0.3, 0.4) is 0 Å². The maximum atomic E-state index is 12.9. The molecule has 2 amide bonds. The van der Waals surface area contributed by atoms with Crippen molar-refractivity contribution in [2.24, 2.45) is 0 Å². The monoisotopic (exact) mass is 413 g/mol. The third-order valence-electron chi connectivity index (χ3n) is 5.37. The van der Waals surface area contributed by atoms with Crippen LogP contribution in [0.15, 0.2) is 48.5 Å². The van der Waals surface area contributed by atoms with Crippen molar-refractivity contribution in [3.8, 4) is 5.75 Å². The van der Waals surface area contributed by atoms with Gasteiger partial charge in [-0.1, -0.05) is 35.9 Å². The number of hydrogen-bond acceptors (Lipinski definition) is 4. The van der Waals surface area contributed by atoms with Gasteiger partial charge in [-0.25, -0.2) is 0 Å². The van der Waals surface area contributed by atoms with E-state index in [4.69, 9.17) is 16.3 Å². The molecule has 0 saturated carbocycles. The molecule has 0 radical (unpaired) electrons. The predicted octanol–water partition coefficient (Wildman–Crippen LogP) is 2.80. The average Bonchev–Trinajstić information content (AvgIpc) is 2.89. The summed E-state index contributed by atoms with van der Waals surface area (Å²) in [6.07, 6.45) is 0.275. The molecule has 0 N–H and O–H groups in total. The van der Waals surface area contributed by atoms with Gasteiger partial charge in [-0.3, -0.25) is 19.4 Å². The Morgan fingerprint density at radius 1 is 1.00 bits per heavy atom. The number of rotatable bonds is 4. The average molecular weight is 414 g/mol. The quantitative estimate of drug-likeness (QED) is 0.773. The molecule has 2 heterocycles. The van der Waals surface area contributed by atoms with Crippen LogP contribution in [0.2, 0.25) is 5.02 Å². The van der Waals surface area contributed by atoms with E-state index in [0.717, 1.165) is 24.7 Å². The van der Waals surface area contributed by atoms with E-state index in [2.05, 4.69) is 4.90 Å². The van der Waals surface area contributed by atoms with Gasteiger partial charge in [0.25, 0.3) is 0 Å². The first kappa shape index (κ1) is 19.7. The van der Waals surface area contributed by atoms with Crippen molar-refractivity contribution in [3.63, 3.8) is 0 Å². The molecule has 0 bridgehead atoms. The van der Waals surface area contributed by atoms with Crippen LogP contribution in [0.4, 0.5) is 5.69 Å². The lowest BCUT2D eigenvalue weighted by atomic mass is 10.2. The number of anilines is 1. The van der Waals surface area contributed by atoms with Crippen molar-refractivity contribution in [3.05, 3.63) is 59.1 Å². The van der Waals surface area contributed by atoms with Crippen molar-refractivity contribution < 1.29 is 14.3 Å². The third-order valence-corrected chi connectivity index (χ3v) is 5.62. The summed E-state index contributed by atoms with van der Waals surface area (Å²) in [4.78, 5) is 31.2. The Morgan fingerprint density at radius 2 is 1.72 bits per heavy atom. The highest BCUT2D eigenvalue weighted by Crippen LogP contribution is 2.31. The maximum Gasteiger partial charge on any atom is 0.242 e. The summed E-state index contributed by atoms with van der Waals surface area (Å²) in [5.74, 6) is 0.546. The summed E-state index contributed by atoms with van der Waals surface area (Å²) in [6.45, 7) is 4.16. The predicted molar refractivity (Wildman–Crippen MR) is 112 cm³/mol.